The van der Waals surface area contributed by atoms with Crippen molar-refractivity contribution in [3.05, 3.63) is 120 Å². The minimum atomic E-state index is -1.01. The lowest BCUT2D eigenvalue weighted by Gasteiger charge is -2.37. The summed E-state index contributed by atoms with van der Waals surface area (Å²) in [6, 6.07) is 24.7. The molecule has 0 saturated heterocycles. The van der Waals surface area contributed by atoms with Crippen LogP contribution in [0.1, 0.15) is 58.2 Å². The van der Waals surface area contributed by atoms with Gasteiger partial charge in [-0.25, -0.2) is 9.80 Å². The average Bonchev–Trinajstić information content (AvgIpc) is 3.16. The number of benzene rings is 3. The normalized spacial score (nSPS) is 12.6. The van der Waals surface area contributed by atoms with E-state index >= 15 is 0 Å². The molecule has 0 radical (unpaired) electrons. The van der Waals surface area contributed by atoms with Crippen LogP contribution in [0.15, 0.2) is 104 Å². The lowest BCUT2D eigenvalue weighted by Crippen LogP contribution is -2.57. The van der Waals surface area contributed by atoms with Crippen molar-refractivity contribution in [3.8, 4) is 5.75 Å². The van der Waals surface area contributed by atoms with E-state index in [0.717, 1.165) is 27.6 Å². The molecule has 0 aliphatic carbocycles. The fourth-order valence-corrected chi connectivity index (χ4v) is 6.07. The molecule has 3 N–H and O–H groups in total. The first-order chi connectivity index (χ1) is 26.4. The number of pyridine rings is 1. The molecule has 0 aliphatic heterocycles. The molecule has 0 saturated carbocycles. The highest BCUT2D eigenvalue weighted by molar-refractivity contribution is 5.89. The van der Waals surface area contributed by atoms with E-state index in [4.69, 9.17) is 14.2 Å². The quantitative estimate of drug-likeness (QED) is 0.0556. The topological polar surface area (TPSA) is 134 Å². The van der Waals surface area contributed by atoms with Gasteiger partial charge in [-0.15, -0.1) is 6.58 Å². The van der Waals surface area contributed by atoms with Crippen molar-refractivity contribution in [3.63, 3.8) is 0 Å². The van der Waals surface area contributed by atoms with Gasteiger partial charge >= 0.3 is 6.03 Å². The van der Waals surface area contributed by atoms with E-state index in [1.54, 1.807) is 17.2 Å². The average molecular weight is 753 g/mol. The number of urea groups is 1. The third-order valence-corrected chi connectivity index (χ3v) is 8.55. The highest BCUT2D eigenvalue weighted by Gasteiger charge is 2.34. The Kier molecular flexibility index (Phi) is 16.2. The fraction of sp³-hybridized carbons (Fsp3) is 0.395. The number of carbonyl (C=O) groups is 3. The van der Waals surface area contributed by atoms with Crippen LogP contribution in [0.25, 0.3) is 10.9 Å². The van der Waals surface area contributed by atoms with Crippen LogP contribution >= 0.6 is 0 Å². The van der Waals surface area contributed by atoms with Gasteiger partial charge in [0.2, 0.25) is 11.8 Å². The lowest BCUT2D eigenvalue weighted by molar-refractivity contribution is -0.179. The zero-order chi connectivity index (χ0) is 39.8. The molecule has 1 heterocycles. The van der Waals surface area contributed by atoms with Gasteiger partial charge in [-0.2, -0.15) is 0 Å². The lowest BCUT2D eigenvalue weighted by atomic mass is 10.0. The minimum Gasteiger partial charge on any atom is -0.488 e. The predicted molar refractivity (Wildman–Crippen MR) is 215 cm³/mol. The first-order valence-electron chi connectivity index (χ1n) is 18.8. The van der Waals surface area contributed by atoms with Crippen molar-refractivity contribution in [1.82, 2.24) is 31.0 Å². The maximum atomic E-state index is 15.0. The minimum absolute atomic E-state index is 0.178. The molecule has 0 bridgehead atoms. The molecule has 0 aliphatic rings. The van der Waals surface area contributed by atoms with E-state index in [-0.39, 0.29) is 37.6 Å². The number of hydrogen-bond acceptors (Lipinski definition) is 8. The van der Waals surface area contributed by atoms with Gasteiger partial charge in [-0.1, -0.05) is 72.8 Å². The summed E-state index contributed by atoms with van der Waals surface area (Å²) in [5.74, 6) is -0.117. The number of carbonyl (C=O) groups excluding carboxylic acids is 3. The molecule has 0 spiro atoms. The second kappa shape index (κ2) is 21.0. The summed E-state index contributed by atoms with van der Waals surface area (Å²) in [5.41, 5.74) is 5.69. The second-order valence-corrected chi connectivity index (χ2v) is 14.1. The van der Waals surface area contributed by atoms with Crippen LogP contribution in [-0.2, 0) is 38.6 Å². The Morgan fingerprint density at radius 3 is 2.24 bits per heavy atom. The summed E-state index contributed by atoms with van der Waals surface area (Å²) >= 11 is 0. The van der Waals surface area contributed by atoms with Crippen LogP contribution in [0.3, 0.4) is 0 Å². The number of nitrogens with one attached hydrogen (secondary N) is 3. The van der Waals surface area contributed by atoms with Crippen molar-refractivity contribution in [2.45, 2.75) is 85.0 Å². The molecule has 294 valence electrons. The first-order valence-corrected chi connectivity index (χ1v) is 18.8. The summed E-state index contributed by atoms with van der Waals surface area (Å²) in [5, 5.41) is 8.18. The molecule has 4 rings (SSSR count). The number of fused-ring (bicyclic) bond motifs is 1. The van der Waals surface area contributed by atoms with Crippen LogP contribution in [-0.4, -0.2) is 83.0 Å². The van der Waals surface area contributed by atoms with Crippen molar-refractivity contribution >= 4 is 28.7 Å². The van der Waals surface area contributed by atoms with Gasteiger partial charge in [-0.05, 0) is 76.4 Å². The molecule has 55 heavy (non-hydrogen) atoms. The van der Waals surface area contributed by atoms with E-state index in [0.29, 0.717) is 25.5 Å². The fourth-order valence-electron chi connectivity index (χ4n) is 6.07. The van der Waals surface area contributed by atoms with E-state index < -0.39 is 30.3 Å². The SMILES string of the molecule is C=CCN(CC(=O)NC(Cc1ccc(OC(C)(C)C)cc1)C(=O)N(Cc1cccc2cccnc12)C(C)C(OCC)OCC)NC(=O)NCc1ccccc1. The van der Waals surface area contributed by atoms with Gasteiger partial charge < -0.3 is 29.7 Å². The molecular weight excluding hydrogens is 697 g/mol. The molecule has 0 fully saturated rings. The Morgan fingerprint density at radius 2 is 1.58 bits per heavy atom. The molecule has 4 aromatic rings. The number of para-hydroxylation sites is 1. The Balaban J connectivity index is 1.64. The predicted octanol–water partition coefficient (Wildman–Crippen LogP) is 6.16. The monoisotopic (exact) mass is 752 g/mol. The number of aromatic nitrogens is 1. The standard InChI is InChI=1S/C43H56N6O6/c1-8-26-48(47-42(52)45-28-33-16-12-11-13-17-33)30-38(50)46-37(27-32-21-23-36(24-22-32)55-43(5,6)7)40(51)49(31(4)41(53-9-2)54-10-3)29-35-19-14-18-34-20-15-25-44-39(34)35/h8,11-25,31,37,41H,1,9-10,26-30H2,2-7H3,(H,46,50)(H2,45,47,52). The third kappa shape index (κ3) is 13.5. The van der Waals surface area contributed by atoms with Gasteiger partial charge in [0.15, 0.2) is 6.29 Å². The van der Waals surface area contributed by atoms with Crippen molar-refractivity contribution < 1.29 is 28.6 Å². The van der Waals surface area contributed by atoms with E-state index in [1.807, 2.05) is 126 Å². The highest BCUT2D eigenvalue weighted by atomic mass is 16.7. The summed E-state index contributed by atoms with van der Waals surface area (Å²) < 4.78 is 18.0. The molecule has 4 amide bonds. The summed E-state index contributed by atoms with van der Waals surface area (Å²) in [6.45, 7) is 16.5. The van der Waals surface area contributed by atoms with Crippen LogP contribution in [0.4, 0.5) is 4.79 Å². The molecule has 12 nitrogen and oxygen atoms in total. The number of amides is 4. The van der Waals surface area contributed by atoms with Crippen LogP contribution in [0, 0.1) is 0 Å². The maximum absolute atomic E-state index is 15.0. The highest BCUT2D eigenvalue weighted by Crippen LogP contribution is 2.23. The molecule has 2 atom stereocenters. The van der Waals surface area contributed by atoms with Crippen molar-refractivity contribution in [2.24, 2.45) is 0 Å². The summed E-state index contributed by atoms with van der Waals surface area (Å²) in [7, 11) is 0. The molecule has 2 unspecified atom stereocenters. The van der Waals surface area contributed by atoms with Gasteiger partial charge in [0.25, 0.3) is 0 Å². The number of ether oxygens (including phenoxy) is 3. The van der Waals surface area contributed by atoms with Gasteiger partial charge in [-0.3, -0.25) is 20.0 Å². The summed E-state index contributed by atoms with van der Waals surface area (Å²) in [6.07, 6.45) is 2.76. The number of hydrazine groups is 1. The number of hydrogen-bond donors (Lipinski definition) is 3. The van der Waals surface area contributed by atoms with Crippen molar-refractivity contribution in [1.29, 1.82) is 0 Å². The van der Waals surface area contributed by atoms with Crippen LogP contribution < -0.4 is 20.8 Å². The molecule has 3 aromatic carbocycles. The Morgan fingerprint density at radius 1 is 0.891 bits per heavy atom. The Bertz CT molecular complexity index is 1820. The Hall–Kier alpha value is -5.30. The smallest absolute Gasteiger partial charge is 0.329 e. The van der Waals surface area contributed by atoms with Gasteiger partial charge in [0, 0.05) is 50.9 Å². The molecule has 1 aromatic heterocycles. The first kappa shape index (κ1) is 42.4. The number of nitrogens with zero attached hydrogens (tertiary/aromatic N) is 3. The van der Waals surface area contributed by atoms with E-state index in [9.17, 15) is 14.4 Å². The summed E-state index contributed by atoms with van der Waals surface area (Å²) in [4.78, 5) is 48.0. The third-order valence-electron chi connectivity index (χ3n) is 8.55. The zero-order valence-corrected chi connectivity index (χ0v) is 32.9. The number of rotatable bonds is 20. The van der Waals surface area contributed by atoms with Gasteiger partial charge in [0.05, 0.1) is 18.1 Å². The molecular formula is C43H56N6O6. The van der Waals surface area contributed by atoms with Gasteiger partial charge in [0.1, 0.15) is 17.4 Å². The van der Waals surface area contributed by atoms with Crippen LogP contribution in [0.5, 0.6) is 5.75 Å². The Labute approximate surface area is 325 Å². The van der Waals surface area contributed by atoms with E-state index in [1.165, 1.54) is 5.01 Å². The molecule has 12 heteroatoms. The largest absolute Gasteiger partial charge is 0.488 e. The maximum Gasteiger partial charge on any atom is 0.329 e. The second-order valence-electron chi connectivity index (χ2n) is 14.1. The van der Waals surface area contributed by atoms with E-state index in [2.05, 4.69) is 27.6 Å². The van der Waals surface area contributed by atoms with Crippen LogP contribution in [0.2, 0.25) is 0 Å². The van der Waals surface area contributed by atoms with Crippen molar-refractivity contribution in [2.75, 3.05) is 26.3 Å². The zero-order valence-electron chi connectivity index (χ0n) is 32.9.